The Bertz CT molecular complexity index is 224. The minimum atomic E-state index is -0.743. The predicted molar refractivity (Wildman–Crippen MR) is 127 cm³/mol. The molecule has 2 aliphatic rings. The van der Waals surface area contributed by atoms with E-state index in [1.807, 2.05) is 0 Å². The molecule has 2 rings (SSSR count). The van der Waals surface area contributed by atoms with Crippen LogP contribution >= 0.6 is 38.6 Å². The summed E-state index contributed by atoms with van der Waals surface area (Å²) in [5, 5.41) is 0. The number of hydrogen-bond donors (Lipinski definition) is 0. The van der Waals surface area contributed by atoms with Crippen LogP contribution in [0.25, 0.3) is 0 Å². The second-order valence-corrected chi connectivity index (χ2v) is 16.3. The summed E-state index contributed by atoms with van der Waals surface area (Å²) in [6, 6.07) is 0. The van der Waals surface area contributed by atoms with Crippen molar-refractivity contribution in [2.45, 2.75) is 69.2 Å². The molecule has 0 aliphatic heterocycles. The quantitative estimate of drug-likeness (QED) is 0.261. The summed E-state index contributed by atoms with van der Waals surface area (Å²) in [6.45, 7) is 24.0. The second kappa shape index (κ2) is 16.2. The monoisotopic (exact) mass is 558 g/mol. The average Bonchev–Trinajstić information content (AvgIpc) is 2.87. The van der Waals surface area contributed by atoms with Crippen LogP contribution in [0.3, 0.4) is 0 Å². The van der Waals surface area contributed by atoms with E-state index >= 15 is 0 Å². The molecule has 0 nitrogen and oxygen atoms in total. The van der Waals surface area contributed by atoms with E-state index in [1.54, 1.807) is 0 Å². The van der Waals surface area contributed by atoms with Crippen LogP contribution in [-0.4, -0.2) is 30.8 Å². The van der Waals surface area contributed by atoms with Gasteiger partial charge in [-0.25, -0.2) is 0 Å². The van der Waals surface area contributed by atoms with Gasteiger partial charge in [-0.3, -0.25) is 0 Å². The van der Waals surface area contributed by atoms with Crippen molar-refractivity contribution in [3.05, 3.63) is 0 Å². The zero-order valence-electron chi connectivity index (χ0n) is 18.4. The SMILES string of the molecule is CC1C(C)C(C)C(C)C1C.CC1C(C)C(C)C(C)C1C.[Cl][Ga][Cl].[Cl][Ga][Cl]. The number of hydrogen-bond acceptors (Lipinski definition) is 0. The second-order valence-electron chi connectivity index (χ2n) is 8.76. The van der Waals surface area contributed by atoms with Gasteiger partial charge in [0.05, 0.1) is 0 Å². The van der Waals surface area contributed by atoms with Crippen LogP contribution in [0.15, 0.2) is 0 Å². The van der Waals surface area contributed by atoms with Gasteiger partial charge in [-0.1, -0.05) is 69.2 Å². The average molecular weight is 562 g/mol. The molecule has 2 radical (unpaired) electrons. The third-order valence-electron chi connectivity index (χ3n) is 8.29. The Balaban J connectivity index is 0. The van der Waals surface area contributed by atoms with Crippen molar-refractivity contribution in [3.63, 3.8) is 0 Å². The van der Waals surface area contributed by atoms with Crippen molar-refractivity contribution in [2.75, 3.05) is 0 Å². The first kappa shape index (κ1) is 30.6. The van der Waals surface area contributed by atoms with Gasteiger partial charge in [0.25, 0.3) is 0 Å². The van der Waals surface area contributed by atoms with Gasteiger partial charge in [0.1, 0.15) is 0 Å². The third-order valence-corrected chi connectivity index (χ3v) is 8.29. The van der Waals surface area contributed by atoms with E-state index < -0.39 is 30.8 Å². The van der Waals surface area contributed by atoms with Crippen LogP contribution < -0.4 is 0 Å². The molecule has 0 aromatic heterocycles. The summed E-state index contributed by atoms with van der Waals surface area (Å²) in [7, 11) is 19.7. The van der Waals surface area contributed by atoms with Gasteiger partial charge >= 0.3 is 69.4 Å². The van der Waals surface area contributed by atoms with E-state index in [9.17, 15) is 0 Å². The molecular weight excluding hydrogens is 521 g/mol. The van der Waals surface area contributed by atoms with Gasteiger partial charge in [0.2, 0.25) is 0 Å². The fraction of sp³-hybridized carbons (Fsp3) is 1.00. The molecule has 154 valence electrons. The summed E-state index contributed by atoms with van der Waals surface area (Å²) >= 11 is -1.49. The molecule has 2 fully saturated rings. The molecule has 0 heterocycles. The molecule has 2 aliphatic carbocycles. The zero-order chi connectivity index (χ0) is 21.2. The zero-order valence-corrected chi connectivity index (χ0v) is 26.3. The Morgan fingerprint density at radius 3 is 0.385 bits per heavy atom. The molecule has 26 heavy (non-hydrogen) atoms. The fourth-order valence-corrected chi connectivity index (χ4v) is 4.79. The number of halogens is 4. The Hall–Kier alpha value is 2.43. The van der Waals surface area contributed by atoms with Gasteiger partial charge in [-0.15, -0.1) is 0 Å². The molecule has 0 bridgehead atoms. The molecule has 6 heteroatoms. The van der Waals surface area contributed by atoms with Gasteiger partial charge < -0.3 is 0 Å². The van der Waals surface area contributed by atoms with Crippen molar-refractivity contribution in [1.82, 2.24) is 0 Å². The van der Waals surface area contributed by atoms with Gasteiger partial charge in [0.15, 0.2) is 0 Å². The van der Waals surface area contributed by atoms with E-state index in [1.165, 1.54) is 0 Å². The molecule has 2 saturated carbocycles. The van der Waals surface area contributed by atoms with Gasteiger partial charge in [-0.05, 0) is 59.2 Å². The third kappa shape index (κ3) is 9.50. The van der Waals surface area contributed by atoms with Crippen LogP contribution in [0.2, 0.25) is 0 Å². The normalized spacial score (nSPS) is 43.8. The molecule has 0 saturated heterocycles. The molecular formula is C20H40Cl4Ga2. The standard InChI is InChI=1S/2C10H20.4ClH.2Ga/c2*1-6-7(2)9(4)10(5)8(6)3;;;;;;/h2*6-10H,1-5H3;4*1H;;/q;;;;;;2*+2/p-4. The van der Waals surface area contributed by atoms with Gasteiger partial charge in [-0.2, -0.15) is 0 Å². The van der Waals surface area contributed by atoms with E-state index in [0.717, 1.165) is 59.2 Å². The Kier molecular flexibility index (Phi) is 19.0. The van der Waals surface area contributed by atoms with Crippen molar-refractivity contribution in [2.24, 2.45) is 59.2 Å². The first-order valence-corrected chi connectivity index (χ1v) is 22.7. The van der Waals surface area contributed by atoms with Crippen LogP contribution in [0.5, 0.6) is 0 Å². The minimum absolute atomic E-state index is 0.743. The number of rotatable bonds is 0. The molecule has 0 N–H and O–H groups in total. The van der Waals surface area contributed by atoms with Crippen LogP contribution in [0.1, 0.15) is 69.2 Å². The summed E-state index contributed by atoms with van der Waals surface area (Å²) in [5.74, 6) is 9.35. The van der Waals surface area contributed by atoms with E-state index in [0.29, 0.717) is 0 Å². The Labute approximate surface area is 196 Å². The first-order chi connectivity index (χ1) is 11.9. The summed E-state index contributed by atoms with van der Waals surface area (Å²) in [4.78, 5) is 0. The summed E-state index contributed by atoms with van der Waals surface area (Å²) < 4.78 is 0. The van der Waals surface area contributed by atoms with Gasteiger partial charge in [0, 0.05) is 0 Å². The van der Waals surface area contributed by atoms with Crippen molar-refractivity contribution >= 4 is 69.4 Å². The molecule has 0 atom stereocenters. The van der Waals surface area contributed by atoms with E-state index in [2.05, 4.69) is 69.2 Å². The molecule has 0 amide bonds. The Morgan fingerprint density at radius 1 is 0.308 bits per heavy atom. The maximum absolute atomic E-state index is 4.92. The summed E-state index contributed by atoms with van der Waals surface area (Å²) in [6.07, 6.45) is 0. The molecule has 0 aromatic carbocycles. The first-order valence-electron chi connectivity index (χ1n) is 9.98. The van der Waals surface area contributed by atoms with Crippen molar-refractivity contribution < 1.29 is 0 Å². The Morgan fingerprint density at radius 2 is 0.346 bits per heavy atom. The van der Waals surface area contributed by atoms with Crippen molar-refractivity contribution in [3.8, 4) is 0 Å². The molecule has 0 spiro atoms. The van der Waals surface area contributed by atoms with Crippen LogP contribution in [0, 0.1) is 59.2 Å². The topological polar surface area (TPSA) is 0 Å². The predicted octanol–water partition coefficient (Wildman–Crippen LogP) is 8.36. The van der Waals surface area contributed by atoms with Crippen LogP contribution in [-0.2, 0) is 0 Å². The van der Waals surface area contributed by atoms with Crippen molar-refractivity contribution in [1.29, 1.82) is 0 Å². The maximum atomic E-state index is 4.92. The molecule has 0 unspecified atom stereocenters. The van der Waals surface area contributed by atoms with Crippen LogP contribution in [0.4, 0.5) is 0 Å². The van der Waals surface area contributed by atoms with E-state index in [4.69, 9.17) is 38.6 Å². The molecule has 0 aromatic rings. The summed E-state index contributed by atoms with van der Waals surface area (Å²) in [5.41, 5.74) is 0. The fourth-order valence-electron chi connectivity index (χ4n) is 4.79. The van der Waals surface area contributed by atoms with E-state index in [-0.39, 0.29) is 0 Å².